The highest BCUT2D eigenvalue weighted by Gasteiger charge is 2.29. The van der Waals surface area contributed by atoms with E-state index in [-0.39, 0.29) is 6.10 Å². The number of nitrogens with zero attached hydrogens (tertiary/aromatic N) is 2. The summed E-state index contributed by atoms with van der Waals surface area (Å²) >= 11 is 3.58. The van der Waals surface area contributed by atoms with Gasteiger partial charge in [-0.25, -0.2) is 9.97 Å². The van der Waals surface area contributed by atoms with E-state index in [2.05, 4.69) is 31.2 Å². The van der Waals surface area contributed by atoms with Crippen LogP contribution in [0.5, 0.6) is 0 Å². The minimum absolute atomic E-state index is 0.146. The van der Waals surface area contributed by atoms with Crippen LogP contribution in [0.4, 0.5) is 5.82 Å². The fourth-order valence-corrected chi connectivity index (χ4v) is 2.44. The number of nitrogens with one attached hydrogen (secondary N) is 1. The first-order valence-corrected chi connectivity index (χ1v) is 6.71. The Kier molecular flexibility index (Phi) is 3.99. The molecule has 0 amide bonds. The van der Waals surface area contributed by atoms with Gasteiger partial charge in [0.25, 0.3) is 0 Å². The van der Waals surface area contributed by atoms with E-state index in [0.29, 0.717) is 5.92 Å². The number of hydrogen-bond acceptors (Lipinski definition) is 4. The van der Waals surface area contributed by atoms with Crippen molar-refractivity contribution in [1.82, 2.24) is 9.97 Å². The summed E-state index contributed by atoms with van der Waals surface area (Å²) in [5.74, 6) is 2.34. The molecule has 1 heterocycles. The molecule has 0 bridgehead atoms. The fourth-order valence-electron chi connectivity index (χ4n) is 1.74. The summed E-state index contributed by atoms with van der Waals surface area (Å²) in [5.41, 5.74) is 1.14. The Labute approximate surface area is 110 Å². The molecule has 1 fully saturated rings. The van der Waals surface area contributed by atoms with E-state index >= 15 is 0 Å². The predicted octanol–water partition coefficient (Wildman–Crippen LogP) is 2.74. The van der Waals surface area contributed by atoms with Crippen LogP contribution in [0.1, 0.15) is 37.2 Å². The van der Waals surface area contributed by atoms with Crippen LogP contribution < -0.4 is 5.32 Å². The number of rotatable bonds is 5. The standard InChI is InChI=1S/C12H18BrN3O/c1-7(17-3)6-9-15-11(8-4-5-8)10(13)12(14-2)16-9/h7-8H,4-6H2,1-3H3,(H,14,15,16). The summed E-state index contributed by atoms with van der Waals surface area (Å²) < 4.78 is 6.27. The van der Waals surface area contributed by atoms with Crippen LogP contribution >= 0.6 is 15.9 Å². The van der Waals surface area contributed by atoms with Crippen molar-refractivity contribution in [3.8, 4) is 0 Å². The van der Waals surface area contributed by atoms with Gasteiger partial charge < -0.3 is 10.1 Å². The van der Waals surface area contributed by atoms with Crippen LogP contribution in [-0.4, -0.2) is 30.2 Å². The zero-order valence-corrected chi connectivity index (χ0v) is 12.0. The first kappa shape index (κ1) is 12.8. The molecule has 1 aromatic rings. The van der Waals surface area contributed by atoms with Crippen molar-refractivity contribution in [1.29, 1.82) is 0 Å². The number of halogens is 1. The van der Waals surface area contributed by atoms with Crippen LogP contribution in [0, 0.1) is 0 Å². The van der Waals surface area contributed by atoms with Crippen molar-refractivity contribution in [2.24, 2.45) is 0 Å². The Morgan fingerprint density at radius 1 is 1.47 bits per heavy atom. The van der Waals surface area contributed by atoms with Crippen LogP contribution in [0.25, 0.3) is 0 Å². The highest BCUT2D eigenvalue weighted by molar-refractivity contribution is 9.10. The van der Waals surface area contributed by atoms with Gasteiger partial charge in [-0.05, 0) is 35.7 Å². The molecule has 1 N–H and O–H groups in total. The van der Waals surface area contributed by atoms with Gasteiger partial charge in [0.15, 0.2) is 0 Å². The van der Waals surface area contributed by atoms with Gasteiger partial charge in [-0.1, -0.05) is 0 Å². The van der Waals surface area contributed by atoms with Gasteiger partial charge >= 0.3 is 0 Å². The van der Waals surface area contributed by atoms with Crippen molar-refractivity contribution in [2.75, 3.05) is 19.5 Å². The fraction of sp³-hybridized carbons (Fsp3) is 0.667. The van der Waals surface area contributed by atoms with Crippen LogP contribution in [-0.2, 0) is 11.2 Å². The summed E-state index contributed by atoms with van der Waals surface area (Å²) in [4.78, 5) is 9.15. The lowest BCUT2D eigenvalue weighted by Crippen LogP contribution is -2.13. The molecule has 0 spiro atoms. The lowest BCUT2D eigenvalue weighted by molar-refractivity contribution is 0.117. The van der Waals surface area contributed by atoms with Crippen LogP contribution in [0.15, 0.2) is 4.47 Å². The number of hydrogen-bond donors (Lipinski definition) is 1. The lowest BCUT2D eigenvalue weighted by Gasteiger charge is -2.13. The van der Waals surface area contributed by atoms with Crippen molar-refractivity contribution in [3.63, 3.8) is 0 Å². The predicted molar refractivity (Wildman–Crippen MR) is 71.4 cm³/mol. The third-order valence-electron chi connectivity index (χ3n) is 3.00. The third-order valence-corrected chi connectivity index (χ3v) is 3.78. The molecule has 1 aromatic heterocycles. The summed E-state index contributed by atoms with van der Waals surface area (Å²) in [7, 11) is 3.59. The SMILES string of the molecule is CNc1nc(CC(C)OC)nc(C2CC2)c1Br. The highest BCUT2D eigenvalue weighted by Crippen LogP contribution is 2.43. The molecule has 2 rings (SSSR count). The maximum Gasteiger partial charge on any atom is 0.144 e. The van der Waals surface area contributed by atoms with Crippen molar-refractivity contribution >= 4 is 21.7 Å². The van der Waals surface area contributed by atoms with Crippen LogP contribution in [0.2, 0.25) is 0 Å². The monoisotopic (exact) mass is 299 g/mol. The van der Waals surface area contributed by atoms with Gasteiger partial charge in [-0.2, -0.15) is 0 Å². The molecule has 0 aliphatic heterocycles. The van der Waals surface area contributed by atoms with Gasteiger partial charge in [-0.15, -0.1) is 0 Å². The van der Waals surface area contributed by atoms with Crippen LogP contribution in [0.3, 0.4) is 0 Å². The normalized spacial score (nSPS) is 16.9. The first-order valence-electron chi connectivity index (χ1n) is 5.92. The second-order valence-corrected chi connectivity index (χ2v) is 5.26. The van der Waals surface area contributed by atoms with Gasteiger partial charge in [0.05, 0.1) is 16.3 Å². The first-order chi connectivity index (χ1) is 8.15. The summed E-state index contributed by atoms with van der Waals surface area (Å²) in [6.07, 6.45) is 3.36. The van der Waals surface area contributed by atoms with E-state index in [4.69, 9.17) is 4.74 Å². The second-order valence-electron chi connectivity index (χ2n) is 4.46. The zero-order valence-electron chi connectivity index (χ0n) is 10.5. The molecule has 17 heavy (non-hydrogen) atoms. The van der Waals surface area contributed by atoms with Gasteiger partial charge in [-0.3, -0.25) is 0 Å². The molecule has 0 aromatic carbocycles. The molecule has 0 radical (unpaired) electrons. The van der Waals surface area contributed by atoms with E-state index in [1.54, 1.807) is 7.11 Å². The summed E-state index contributed by atoms with van der Waals surface area (Å²) in [5, 5.41) is 3.11. The molecular weight excluding hydrogens is 282 g/mol. The van der Waals surface area contributed by atoms with E-state index in [1.807, 2.05) is 14.0 Å². The molecular formula is C12H18BrN3O. The molecule has 1 aliphatic rings. The van der Waals surface area contributed by atoms with Gasteiger partial charge in [0.2, 0.25) is 0 Å². The summed E-state index contributed by atoms with van der Waals surface area (Å²) in [6, 6.07) is 0. The van der Waals surface area contributed by atoms with E-state index in [0.717, 1.165) is 28.2 Å². The van der Waals surface area contributed by atoms with Crippen molar-refractivity contribution < 1.29 is 4.74 Å². The maximum absolute atomic E-state index is 5.26. The number of methoxy groups -OCH3 is 1. The average Bonchev–Trinajstić information content (AvgIpc) is 3.15. The highest BCUT2D eigenvalue weighted by atomic mass is 79.9. The van der Waals surface area contributed by atoms with E-state index in [1.165, 1.54) is 12.8 Å². The van der Waals surface area contributed by atoms with Gasteiger partial charge in [0, 0.05) is 26.5 Å². The average molecular weight is 300 g/mol. The zero-order chi connectivity index (χ0) is 12.4. The maximum atomic E-state index is 5.26. The molecule has 1 saturated carbocycles. The molecule has 1 unspecified atom stereocenters. The molecule has 4 nitrogen and oxygen atoms in total. The Morgan fingerprint density at radius 2 is 2.18 bits per heavy atom. The third kappa shape index (κ3) is 2.96. The Balaban J connectivity index is 2.29. The second kappa shape index (κ2) is 5.31. The Hall–Kier alpha value is -0.680. The minimum Gasteiger partial charge on any atom is -0.381 e. The van der Waals surface area contributed by atoms with Crippen molar-refractivity contribution in [2.45, 2.75) is 38.2 Å². The summed E-state index contributed by atoms with van der Waals surface area (Å²) in [6.45, 7) is 2.03. The number of anilines is 1. The van der Waals surface area contributed by atoms with Gasteiger partial charge in [0.1, 0.15) is 11.6 Å². The van der Waals surface area contributed by atoms with Crippen molar-refractivity contribution in [3.05, 3.63) is 16.0 Å². The number of aromatic nitrogens is 2. The molecule has 1 aliphatic carbocycles. The molecule has 5 heteroatoms. The Bertz CT molecular complexity index is 407. The molecule has 1 atom stereocenters. The number of ether oxygens (including phenoxy) is 1. The largest absolute Gasteiger partial charge is 0.381 e. The molecule has 0 saturated heterocycles. The lowest BCUT2D eigenvalue weighted by atomic mass is 10.2. The topological polar surface area (TPSA) is 47.0 Å². The quantitative estimate of drug-likeness (QED) is 0.908. The molecule has 94 valence electrons. The van der Waals surface area contributed by atoms with E-state index in [9.17, 15) is 0 Å². The minimum atomic E-state index is 0.146. The van der Waals surface area contributed by atoms with E-state index < -0.39 is 0 Å². The Morgan fingerprint density at radius 3 is 2.71 bits per heavy atom. The smallest absolute Gasteiger partial charge is 0.144 e.